The number of hydrogen-bond acceptors (Lipinski definition) is 10. The molecule has 1 aromatic heterocycles. The maximum Gasteiger partial charge on any atom is 0.410 e. The van der Waals surface area contributed by atoms with Gasteiger partial charge in [0.25, 0.3) is 11.8 Å². The molecule has 0 radical (unpaired) electrons. The van der Waals surface area contributed by atoms with Gasteiger partial charge < -0.3 is 39.8 Å². The number of carbonyl (C=O) groups is 4. The van der Waals surface area contributed by atoms with Gasteiger partial charge in [0.2, 0.25) is 5.91 Å². The predicted octanol–water partition coefficient (Wildman–Crippen LogP) is 1.93. The van der Waals surface area contributed by atoms with E-state index in [0.29, 0.717) is 74.5 Å². The molecule has 2 aromatic rings. The van der Waals surface area contributed by atoms with E-state index in [1.807, 2.05) is 26.8 Å². The number of nitrogens with one attached hydrogen (secondary N) is 2. The molecule has 0 bridgehead atoms. The number of benzene rings is 1. The van der Waals surface area contributed by atoms with Gasteiger partial charge in [0, 0.05) is 64.0 Å². The number of pyridine rings is 1. The van der Waals surface area contributed by atoms with E-state index in [9.17, 15) is 24.3 Å². The molecule has 1 unspecified atom stereocenters. The number of carbonyl (C=O) groups excluding carboxylic acids is 4. The number of piperazine rings is 1. The van der Waals surface area contributed by atoms with Crippen molar-refractivity contribution in [2.24, 2.45) is 0 Å². The Hall–Kier alpha value is -4.01. The average molecular weight is 683 g/mol. The van der Waals surface area contributed by atoms with Crippen molar-refractivity contribution in [3.05, 3.63) is 36.0 Å². The monoisotopic (exact) mass is 682 g/mol. The molecule has 1 aromatic carbocycles. The SMILES string of the molecule is CC(C)(C)OC(=O)N1CCN(CCCOc2ccc3nccc(C(=O)NCC(=O)N4CCC[C@H]4C(O)C(=O)NC[C@@H]4CCCO4)c3c2)CC1. The first-order valence-corrected chi connectivity index (χ1v) is 17.4. The topological polar surface area (TPSA) is 163 Å². The quantitative estimate of drug-likeness (QED) is 0.282. The van der Waals surface area contributed by atoms with Crippen LogP contribution >= 0.6 is 0 Å². The van der Waals surface area contributed by atoms with Crippen molar-refractivity contribution in [2.45, 2.75) is 76.7 Å². The highest BCUT2D eigenvalue weighted by molar-refractivity contribution is 6.07. The Labute approximate surface area is 287 Å². The zero-order valence-electron chi connectivity index (χ0n) is 28.8. The van der Waals surface area contributed by atoms with Crippen molar-refractivity contribution >= 4 is 34.7 Å². The highest BCUT2D eigenvalue weighted by Crippen LogP contribution is 2.24. The van der Waals surface area contributed by atoms with Crippen molar-refractivity contribution in [1.82, 2.24) is 30.3 Å². The third-order valence-electron chi connectivity index (χ3n) is 9.05. The minimum absolute atomic E-state index is 0.0500. The minimum atomic E-state index is -1.36. The van der Waals surface area contributed by atoms with E-state index in [1.165, 1.54) is 4.90 Å². The van der Waals surface area contributed by atoms with Gasteiger partial charge in [-0.05, 0) is 77.1 Å². The lowest BCUT2D eigenvalue weighted by Crippen LogP contribution is -2.52. The van der Waals surface area contributed by atoms with E-state index in [2.05, 4.69) is 20.5 Å². The largest absolute Gasteiger partial charge is 0.494 e. The summed E-state index contributed by atoms with van der Waals surface area (Å²) in [5.41, 5.74) is 0.464. The van der Waals surface area contributed by atoms with Crippen molar-refractivity contribution in [1.29, 1.82) is 0 Å². The molecule has 3 aliphatic rings. The van der Waals surface area contributed by atoms with Gasteiger partial charge in [-0.2, -0.15) is 0 Å². The van der Waals surface area contributed by atoms with E-state index < -0.39 is 29.6 Å². The zero-order chi connectivity index (χ0) is 35.0. The zero-order valence-corrected chi connectivity index (χ0v) is 28.8. The second kappa shape index (κ2) is 16.6. The highest BCUT2D eigenvalue weighted by Gasteiger charge is 2.37. The number of rotatable bonds is 12. The average Bonchev–Trinajstić information content (AvgIpc) is 3.80. The molecule has 3 atom stereocenters. The Kier molecular flexibility index (Phi) is 12.3. The normalized spacial score (nSPS) is 20.7. The van der Waals surface area contributed by atoms with Gasteiger partial charge >= 0.3 is 6.09 Å². The molecule has 3 aliphatic heterocycles. The minimum Gasteiger partial charge on any atom is -0.494 e. The fourth-order valence-electron chi connectivity index (χ4n) is 6.45. The smallest absolute Gasteiger partial charge is 0.410 e. The molecule has 3 fully saturated rings. The molecule has 3 saturated heterocycles. The molecule has 3 N–H and O–H groups in total. The van der Waals surface area contributed by atoms with Gasteiger partial charge in [-0.3, -0.25) is 24.3 Å². The Morgan fingerprint density at radius 3 is 2.57 bits per heavy atom. The Bertz CT molecular complexity index is 1470. The van der Waals surface area contributed by atoms with E-state index in [1.54, 1.807) is 29.3 Å². The first kappa shape index (κ1) is 36.3. The first-order valence-electron chi connectivity index (χ1n) is 17.4. The van der Waals surface area contributed by atoms with Gasteiger partial charge in [0.05, 0.1) is 36.4 Å². The molecular weight excluding hydrogens is 632 g/mol. The molecule has 0 aliphatic carbocycles. The maximum absolute atomic E-state index is 13.3. The second-order valence-corrected chi connectivity index (χ2v) is 13.9. The van der Waals surface area contributed by atoms with Gasteiger partial charge in [-0.25, -0.2) is 4.79 Å². The van der Waals surface area contributed by atoms with E-state index in [0.717, 1.165) is 38.9 Å². The number of likely N-dealkylation sites (tertiary alicyclic amines) is 1. The van der Waals surface area contributed by atoms with Crippen molar-refractivity contribution in [2.75, 3.05) is 65.6 Å². The molecule has 4 heterocycles. The molecule has 0 spiro atoms. The third-order valence-corrected chi connectivity index (χ3v) is 9.05. The molecule has 268 valence electrons. The molecule has 0 saturated carbocycles. The van der Waals surface area contributed by atoms with Crippen LogP contribution in [-0.4, -0.2) is 138 Å². The van der Waals surface area contributed by atoms with E-state index in [-0.39, 0.29) is 24.6 Å². The molecule has 14 nitrogen and oxygen atoms in total. The van der Waals surface area contributed by atoms with Crippen LogP contribution in [0.4, 0.5) is 4.79 Å². The summed E-state index contributed by atoms with van der Waals surface area (Å²) in [5.74, 6) is -0.722. The molecule has 14 heteroatoms. The van der Waals surface area contributed by atoms with Crippen LogP contribution in [0, 0.1) is 0 Å². The molecule has 49 heavy (non-hydrogen) atoms. The first-order chi connectivity index (χ1) is 23.5. The van der Waals surface area contributed by atoms with E-state index >= 15 is 0 Å². The number of hydrogen-bond donors (Lipinski definition) is 3. The van der Waals surface area contributed by atoms with Crippen LogP contribution in [0.5, 0.6) is 5.75 Å². The summed E-state index contributed by atoms with van der Waals surface area (Å²) >= 11 is 0. The number of nitrogens with zero attached hydrogens (tertiary/aromatic N) is 4. The third kappa shape index (κ3) is 10.0. The number of amides is 4. The summed E-state index contributed by atoms with van der Waals surface area (Å²) in [4.78, 5) is 61.3. The molecule has 4 amide bonds. The number of fused-ring (bicyclic) bond motifs is 1. The second-order valence-electron chi connectivity index (χ2n) is 13.9. The van der Waals surface area contributed by atoms with Crippen LogP contribution in [-0.2, 0) is 19.1 Å². The van der Waals surface area contributed by atoms with Crippen LogP contribution < -0.4 is 15.4 Å². The van der Waals surface area contributed by atoms with Crippen LogP contribution in [0.25, 0.3) is 10.9 Å². The number of ether oxygens (including phenoxy) is 3. The summed E-state index contributed by atoms with van der Waals surface area (Å²) in [6, 6.07) is 6.33. The van der Waals surface area contributed by atoms with Crippen LogP contribution in [0.3, 0.4) is 0 Å². The maximum atomic E-state index is 13.3. The summed E-state index contributed by atoms with van der Waals surface area (Å²) in [7, 11) is 0. The lowest BCUT2D eigenvalue weighted by molar-refractivity contribution is -0.139. The van der Waals surface area contributed by atoms with Crippen molar-refractivity contribution < 1.29 is 38.5 Å². The fraction of sp³-hybridized carbons (Fsp3) is 0.629. The Balaban J connectivity index is 1.08. The van der Waals surface area contributed by atoms with Crippen LogP contribution in [0.1, 0.15) is 63.2 Å². The van der Waals surface area contributed by atoms with Gasteiger partial charge in [-0.1, -0.05) is 0 Å². The fourth-order valence-corrected chi connectivity index (χ4v) is 6.45. The van der Waals surface area contributed by atoms with Gasteiger partial charge in [0.15, 0.2) is 6.10 Å². The Morgan fingerprint density at radius 2 is 1.84 bits per heavy atom. The number of aromatic nitrogens is 1. The highest BCUT2D eigenvalue weighted by atomic mass is 16.6. The lowest BCUT2D eigenvalue weighted by atomic mass is 10.1. The summed E-state index contributed by atoms with van der Waals surface area (Å²) in [6.45, 7) is 10.8. The number of aliphatic hydroxyl groups excluding tert-OH is 1. The van der Waals surface area contributed by atoms with Gasteiger partial charge in [0.1, 0.15) is 11.4 Å². The van der Waals surface area contributed by atoms with Crippen molar-refractivity contribution in [3.8, 4) is 5.75 Å². The standard InChI is InChI=1S/C35H50N6O8/c1-35(2,3)49-34(46)40-17-15-39(16-18-40)13-6-20-47-24-9-10-28-27(21-24)26(11-12-36-28)32(44)38-23-30(42)41-14-4-8-29(41)31(43)33(45)37-22-25-7-5-19-48-25/h9-12,21,25,29,31,43H,4-8,13-20,22-23H2,1-3H3,(H,37,45)(H,38,44)/t25-,29-,31?/m0/s1. The Morgan fingerprint density at radius 1 is 1.04 bits per heavy atom. The van der Waals surface area contributed by atoms with Crippen LogP contribution in [0.2, 0.25) is 0 Å². The van der Waals surface area contributed by atoms with Gasteiger partial charge in [-0.15, -0.1) is 0 Å². The molecular formula is C35H50N6O8. The summed E-state index contributed by atoms with van der Waals surface area (Å²) in [6.07, 6.45) is 3.61. The van der Waals surface area contributed by atoms with E-state index in [4.69, 9.17) is 14.2 Å². The lowest BCUT2D eigenvalue weighted by Gasteiger charge is -2.35. The summed E-state index contributed by atoms with van der Waals surface area (Å²) in [5, 5.41) is 16.8. The molecule has 5 rings (SSSR count). The summed E-state index contributed by atoms with van der Waals surface area (Å²) < 4.78 is 17.0. The van der Waals surface area contributed by atoms with Crippen LogP contribution in [0.15, 0.2) is 30.5 Å². The number of aliphatic hydroxyl groups is 1. The predicted molar refractivity (Wildman–Crippen MR) is 181 cm³/mol. The van der Waals surface area contributed by atoms with Crippen molar-refractivity contribution in [3.63, 3.8) is 0 Å².